The van der Waals surface area contributed by atoms with Crippen molar-refractivity contribution in [2.75, 3.05) is 36.1 Å². The highest BCUT2D eigenvalue weighted by Crippen LogP contribution is 2.38. The molecular weight excluding hydrogens is 423 g/mol. The minimum Gasteiger partial charge on any atom is -0.377 e. The first-order valence-corrected chi connectivity index (χ1v) is 10.0. The van der Waals surface area contributed by atoms with E-state index in [1.54, 1.807) is 23.2 Å². The molecule has 0 saturated carbocycles. The third-order valence-electron chi connectivity index (χ3n) is 5.39. The molecule has 4 rings (SSSR count). The molecule has 0 aliphatic carbocycles. The maximum Gasteiger partial charge on any atom is 0.409 e. The molecule has 4 heterocycles. The summed E-state index contributed by atoms with van der Waals surface area (Å²) < 4.78 is 47.2. The van der Waals surface area contributed by atoms with Crippen LogP contribution < -0.4 is 15.4 Å². The normalized spacial score (nSPS) is 22.2. The van der Waals surface area contributed by atoms with Crippen LogP contribution in [0.15, 0.2) is 29.2 Å². The molecule has 0 radical (unpaired) electrons. The monoisotopic (exact) mass is 443 g/mol. The quantitative estimate of drug-likeness (QED) is 0.679. The van der Waals surface area contributed by atoms with Gasteiger partial charge in [-0.25, -0.2) is 4.98 Å². The van der Waals surface area contributed by atoms with Crippen LogP contribution in [0.4, 0.5) is 24.9 Å². The van der Waals surface area contributed by atoms with Crippen LogP contribution in [0.5, 0.6) is 0 Å². The van der Waals surface area contributed by atoms with Crippen LogP contribution in [0.3, 0.4) is 0 Å². The fourth-order valence-electron chi connectivity index (χ4n) is 3.89. The largest absolute Gasteiger partial charge is 0.409 e. The zero-order chi connectivity index (χ0) is 21.5. The molecule has 0 bridgehead atoms. The van der Waals surface area contributed by atoms with Gasteiger partial charge in [0.2, 0.25) is 5.95 Å². The lowest BCUT2D eigenvalue weighted by Crippen LogP contribution is -2.48. The van der Waals surface area contributed by atoms with E-state index in [2.05, 4.69) is 9.97 Å². The second kappa shape index (κ2) is 8.07. The molecule has 0 aromatic carbocycles. The van der Waals surface area contributed by atoms with Crippen LogP contribution in [-0.2, 0) is 11.3 Å². The lowest BCUT2D eigenvalue weighted by Gasteiger charge is -2.39. The molecular formula is C19H21ClF3N5O2. The Bertz CT molecular complexity index is 966. The molecule has 7 nitrogen and oxygen atoms in total. The van der Waals surface area contributed by atoms with E-state index in [4.69, 9.17) is 16.3 Å². The SMILES string of the molecule is C[C@@H]1COCCN1c1cc(=O)n2c(n1)N(Cc1ccc(Cl)nc1)CC[C@@H]2C(F)(F)F. The summed E-state index contributed by atoms with van der Waals surface area (Å²) in [6.45, 7) is 3.75. The molecule has 2 aliphatic heterocycles. The summed E-state index contributed by atoms with van der Waals surface area (Å²) in [5.41, 5.74) is 0.0470. The van der Waals surface area contributed by atoms with Gasteiger partial charge in [0.25, 0.3) is 5.56 Å². The predicted molar refractivity (Wildman–Crippen MR) is 106 cm³/mol. The minimum absolute atomic E-state index is 0.0136. The number of alkyl halides is 3. The Labute approximate surface area is 176 Å². The van der Waals surface area contributed by atoms with Crippen LogP contribution in [-0.4, -0.2) is 53.1 Å². The van der Waals surface area contributed by atoms with Crippen molar-refractivity contribution in [3.05, 3.63) is 45.5 Å². The second-order valence-corrected chi connectivity index (χ2v) is 7.88. The first kappa shape index (κ1) is 20.9. The van der Waals surface area contributed by atoms with Gasteiger partial charge in [0, 0.05) is 31.9 Å². The smallest absolute Gasteiger partial charge is 0.377 e. The zero-order valence-electron chi connectivity index (χ0n) is 16.3. The summed E-state index contributed by atoms with van der Waals surface area (Å²) in [5.74, 6) is 0.379. The van der Waals surface area contributed by atoms with Crippen LogP contribution in [0.2, 0.25) is 5.15 Å². The number of halogens is 4. The van der Waals surface area contributed by atoms with E-state index in [1.165, 1.54) is 6.07 Å². The summed E-state index contributed by atoms with van der Waals surface area (Å²) in [5, 5.41) is 0.327. The number of pyridine rings is 1. The summed E-state index contributed by atoms with van der Waals surface area (Å²) in [4.78, 5) is 25.0. The summed E-state index contributed by atoms with van der Waals surface area (Å²) in [6, 6.07) is 2.62. The van der Waals surface area contributed by atoms with Crippen molar-refractivity contribution >= 4 is 23.4 Å². The van der Waals surface area contributed by atoms with Crippen molar-refractivity contribution in [3.63, 3.8) is 0 Å². The Morgan fingerprint density at radius 2 is 2.10 bits per heavy atom. The number of aromatic nitrogens is 3. The van der Waals surface area contributed by atoms with E-state index in [9.17, 15) is 18.0 Å². The van der Waals surface area contributed by atoms with Gasteiger partial charge in [-0.2, -0.15) is 18.2 Å². The Kier molecular flexibility index (Phi) is 5.63. The Morgan fingerprint density at radius 1 is 1.30 bits per heavy atom. The zero-order valence-corrected chi connectivity index (χ0v) is 17.0. The predicted octanol–water partition coefficient (Wildman–Crippen LogP) is 3.03. The molecule has 1 saturated heterocycles. The van der Waals surface area contributed by atoms with Crippen molar-refractivity contribution in [1.82, 2.24) is 14.5 Å². The van der Waals surface area contributed by atoms with Crippen molar-refractivity contribution < 1.29 is 17.9 Å². The Hall–Kier alpha value is -2.33. The maximum atomic E-state index is 13.7. The van der Waals surface area contributed by atoms with Crippen molar-refractivity contribution in [2.24, 2.45) is 0 Å². The first-order chi connectivity index (χ1) is 14.2. The fourth-order valence-corrected chi connectivity index (χ4v) is 4.00. The van der Waals surface area contributed by atoms with Gasteiger partial charge in [-0.3, -0.25) is 9.36 Å². The lowest BCUT2D eigenvalue weighted by atomic mass is 10.1. The molecule has 0 amide bonds. The lowest BCUT2D eigenvalue weighted by molar-refractivity contribution is -0.171. The molecule has 0 unspecified atom stereocenters. The molecule has 2 atom stereocenters. The van der Waals surface area contributed by atoms with Crippen LogP contribution in [0, 0.1) is 0 Å². The van der Waals surface area contributed by atoms with Gasteiger partial charge in [-0.15, -0.1) is 0 Å². The van der Waals surface area contributed by atoms with Crippen molar-refractivity contribution in [2.45, 2.75) is 38.1 Å². The van der Waals surface area contributed by atoms with Gasteiger partial charge in [0.15, 0.2) is 0 Å². The molecule has 162 valence electrons. The van der Waals surface area contributed by atoms with Gasteiger partial charge in [0.1, 0.15) is 17.0 Å². The van der Waals surface area contributed by atoms with E-state index in [1.807, 2.05) is 11.8 Å². The number of anilines is 2. The topological polar surface area (TPSA) is 63.5 Å². The van der Waals surface area contributed by atoms with Gasteiger partial charge in [-0.1, -0.05) is 17.7 Å². The van der Waals surface area contributed by atoms with E-state index in [-0.39, 0.29) is 31.5 Å². The molecule has 0 spiro atoms. The minimum atomic E-state index is -4.54. The van der Waals surface area contributed by atoms with Crippen LogP contribution in [0.25, 0.3) is 0 Å². The molecule has 30 heavy (non-hydrogen) atoms. The van der Waals surface area contributed by atoms with Crippen molar-refractivity contribution in [3.8, 4) is 0 Å². The van der Waals surface area contributed by atoms with E-state index in [0.717, 1.165) is 10.1 Å². The maximum absolute atomic E-state index is 13.7. The van der Waals surface area contributed by atoms with Crippen LogP contribution >= 0.6 is 11.6 Å². The number of nitrogens with zero attached hydrogens (tertiary/aromatic N) is 5. The summed E-state index contributed by atoms with van der Waals surface area (Å²) in [6.07, 6.45) is -3.21. The van der Waals surface area contributed by atoms with Gasteiger partial charge in [0.05, 0.1) is 19.3 Å². The van der Waals surface area contributed by atoms with E-state index < -0.39 is 17.8 Å². The molecule has 2 aromatic heterocycles. The average Bonchev–Trinajstić information content (AvgIpc) is 2.69. The standard InChI is InChI=1S/C19H21ClF3N5O2/c1-12-11-30-7-6-27(12)16-8-17(29)28-14(19(21,22)23)4-5-26(18(28)25-16)10-13-2-3-15(20)24-9-13/h2-3,8-9,12,14H,4-7,10-11H2,1H3/t12-,14-/m1/s1. The molecule has 0 N–H and O–H groups in total. The first-order valence-electron chi connectivity index (χ1n) is 9.64. The highest BCUT2D eigenvalue weighted by Gasteiger charge is 2.45. The van der Waals surface area contributed by atoms with E-state index in [0.29, 0.717) is 30.7 Å². The number of hydrogen-bond donors (Lipinski definition) is 0. The molecule has 2 aliphatic rings. The third kappa shape index (κ3) is 4.11. The number of morpholine rings is 1. The summed E-state index contributed by atoms with van der Waals surface area (Å²) >= 11 is 5.82. The summed E-state index contributed by atoms with van der Waals surface area (Å²) in [7, 11) is 0. The number of hydrogen-bond acceptors (Lipinski definition) is 6. The van der Waals surface area contributed by atoms with E-state index >= 15 is 0 Å². The number of rotatable bonds is 3. The van der Waals surface area contributed by atoms with Gasteiger partial charge >= 0.3 is 6.18 Å². The number of ether oxygens (including phenoxy) is 1. The molecule has 1 fully saturated rings. The fraction of sp³-hybridized carbons (Fsp3) is 0.526. The Morgan fingerprint density at radius 3 is 2.77 bits per heavy atom. The van der Waals surface area contributed by atoms with Gasteiger partial charge < -0.3 is 14.5 Å². The highest BCUT2D eigenvalue weighted by molar-refractivity contribution is 6.29. The average molecular weight is 444 g/mol. The molecule has 11 heteroatoms. The number of fused-ring (bicyclic) bond motifs is 1. The van der Waals surface area contributed by atoms with Gasteiger partial charge in [-0.05, 0) is 25.0 Å². The van der Waals surface area contributed by atoms with Crippen molar-refractivity contribution in [1.29, 1.82) is 0 Å². The second-order valence-electron chi connectivity index (χ2n) is 7.50. The third-order valence-corrected chi connectivity index (χ3v) is 5.61. The highest BCUT2D eigenvalue weighted by atomic mass is 35.5. The molecule has 2 aromatic rings. The van der Waals surface area contributed by atoms with Crippen LogP contribution in [0.1, 0.15) is 24.9 Å². The Balaban J connectivity index is 1.77.